The summed E-state index contributed by atoms with van der Waals surface area (Å²) in [5, 5.41) is 7.59. The lowest BCUT2D eigenvalue weighted by Gasteiger charge is -2.20. The topological polar surface area (TPSA) is 39.1 Å². The number of hydrogen-bond donors (Lipinski definition) is 1. The number of nitrogens with one attached hydrogen (secondary N) is 1. The number of ether oxygens (including phenoxy) is 1. The smallest absolute Gasteiger partial charge is 0.119 e. The molecule has 0 aliphatic rings. The van der Waals surface area contributed by atoms with E-state index in [9.17, 15) is 0 Å². The lowest BCUT2D eigenvalue weighted by atomic mass is 10.1. The zero-order valence-electron chi connectivity index (χ0n) is 12.7. The highest BCUT2D eigenvalue weighted by Crippen LogP contribution is 2.14. The van der Waals surface area contributed by atoms with Gasteiger partial charge in [-0.1, -0.05) is 12.1 Å². The summed E-state index contributed by atoms with van der Waals surface area (Å²) in [5.74, 6) is 0.883. The van der Waals surface area contributed by atoms with Crippen molar-refractivity contribution >= 4 is 0 Å². The first kappa shape index (κ1) is 14.6. The molecular weight excluding hydrogens is 250 g/mol. The third-order valence-corrected chi connectivity index (χ3v) is 2.91. The minimum absolute atomic E-state index is 0.134. The Morgan fingerprint density at radius 1 is 1.15 bits per heavy atom. The van der Waals surface area contributed by atoms with Gasteiger partial charge in [0.25, 0.3) is 0 Å². The van der Waals surface area contributed by atoms with Crippen LogP contribution in [0.4, 0.5) is 0 Å². The van der Waals surface area contributed by atoms with Crippen LogP contribution in [0.25, 0.3) is 0 Å². The fourth-order valence-electron chi connectivity index (χ4n) is 1.78. The Labute approximate surface area is 120 Å². The molecular formula is C16H23N3O. The van der Waals surface area contributed by atoms with Gasteiger partial charge in [-0.2, -0.15) is 5.10 Å². The van der Waals surface area contributed by atoms with Crippen molar-refractivity contribution in [3.63, 3.8) is 0 Å². The number of rotatable bonds is 5. The fraction of sp³-hybridized carbons (Fsp3) is 0.438. The highest BCUT2D eigenvalue weighted by Gasteiger charge is 2.08. The zero-order valence-corrected chi connectivity index (χ0v) is 12.7. The first-order valence-corrected chi connectivity index (χ1v) is 6.87. The van der Waals surface area contributed by atoms with Gasteiger partial charge < -0.3 is 10.1 Å². The van der Waals surface area contributed by atoms with E-state index in [2.05, 4.69) is 43.3 Å². The second-order valence-electron chi connectivity index (χ2n) is 6.06. The van der Waals surface area contributed by atoms with Crippen LogP contribution in [0.1, 0.15) is 31.9 Å². The van der Waals surface area contributed by atoms with Gasteiger partial charge in [-0.15, -0.1) is 0 Å². The van der Waals surface area contributed by atoms with Crippen molar-refractivity contribution < 1.29 is 4.74 Å². The van der Waals surface area contributed by atoms with Crippen LogP contribution in [0.15, 0.2) is 36.7 Å². The molecule has 0 spiro atoms. The van der Waals surface area contributed by atoms with Gasteiger partial charge in [0.2, 0.25) is 0 Å². The first-order valence-electron chi connectivity index (χ1n) is 6.87. The van der Waals surface area contributed by atoms with Gasteiger partial charge >= 0.3 is 0 Å². The molecule has 0 saturated carbocycles. The molecule has 0 aliphatic heterocycles. The second kappa shape index (κ2) is 6.09. The van der Waals surface area contributed by atoms with E-state index in [1.807, 2.05) is 31.6 Å². The Hall–Kier alpha value is -1.81. The van der Waals surface area contributed by atoms with Gasteiger partial charge in [-0.25, -0.2) is 0 Å². The molecule has 2 rings (SSSR count). The normalized spacial score (nSPS) is 11.6. The van der Waals surface area contributed by atoms with E-state index in [1.165, 1.54) is 5.56 Å². The maximum absolute atomic E-state index is 5.73. The molecule has 0 radical (unpaired) electrons. The van der Waals surface area contributed by atoms with Crippen LogP contribution in [-0.2, 0) is 20.2 Å². The summed E-state index contributed by atoms with van der Waals surface area (Å²) in [4.78, 5) is 0. The maximum atomic E-state index is 5.73. The van der Waals surface area contributed by atoms with Crippen LogP contribution in [0.5, 0.6) is 5.75 Å². The summed E-state index contributed by atoms with van der Waals surface area (Å²) in [6.45, 7) is 7.91. The summed E-state index contributed by atoms with van der Waals surface area (Å²) in [6, 6.07) is 8.21. The minimum Gasteiger partial charge on any atom is -0.489 e. The SMILES string of the molecule is Cn1cc(COc2ccc(CNC(C)(C)C)cc2)cn1. The average Bonchev–Trinajstić information content (AvgIpc) is 2.80. The van der Waals surface area contributed by atoms with Crippen LogP contribution in [0, 0.1) is 0 Å². The Balaban J connectivity index is 1.85. The van der Waals surface area contributed by atoms with E-state index >= 15 is 0 Å². The Morgan fingerprint density at radius 2 is 1.85 bits per heavy atom. The van der Waals surface area contributed by atoms with Crippen LogP contribution in [0.2, 0.25) is 0 Å². The second-order valence-corrected chi connectivity index (χ2v) is 6.06. The Bertz CT molecular complexity index is 538. The molecule has 20 heavy (non-hydrogen) atoms. The number of aromatic nitrogens is 2. The zero-order chi connectivity index (χ0) is 14.6. The predicted octanol–water partition coefficient (Wildman–Crippen LogP) is 2.89. The number of aryl methyl sites for hydroxylation is 1. The van der Waals surface area contributed by atoms with Crippen molar-refractivity contribution in [3.05, 3.63) is 47.8 Å². The van der Waals surface area contributed by atoms with Gasteiger partial charge in [0.1, 0.15) is 12.4 Å². The molecule has 4 heteroatoms. The molecule has 0 aliphatic carbocycles. The minimum atomic E-state index is 0.134. The third kappa shape index (κ3) is 4.70. The average molecular weight is 273 g/mol. The van der Waals surface area contributed by atoms with Crippen molar-refractivity contribution in [1.82, 2.24) is 15.1 Å². The van der Waals surface area contributed by atoms with Crippen LogP contribution >= 0.6 is 0 Å². The molecule has 0 fully saturated rings. The van der Waals surface area contributed by atoms with E-state index in [-0.39, 0.29) is 5.54 Å². The number of hydrogen-bond acceptors (Lipinski definition) is 3. The first-order chi connectivity index (χ1) is 9.42. The highest BCUT2D eigenvalue weighted by molar-refractivity contribution is 5.27. The van der Waals surface area contributed by atoms with Crippen molar-refractivity contribution in [2.75, 3.05) is 0 Å². The van der Waals surface area contributed by atoms with Crippen molar-refractivity contribution in [2.45, 2.75) is 39.5 Å². The molecule has 108 valence electrons. The molecule has 0 atom stereocenters. The predicted molar refractivity (Wildman–Crippen MR) is 80.6 cm³/mol. The van der Waals surface area contributed by atoms with Gasteiger partial charge in [0, 0.05) is 30.9 Å². The van der Waals surface area contributed by atoms with Gasteiger partial charge in [-0.05, 0) is 38.5 Å². The number of nitrogens with zero attached hydrogens (tertiary/aromatic N) is 2. The van der Waals surface area contributed by atoms with Crippen LogP contribution < -0.4 is 10.1 Å². The molecule has 1 N–H and O–H groups in total. The van der Waals surface area contributed by atoms with Crippen molar-refractivity contribution in [1.29, 1.82) is 0 Å². The largest absolute Gasteiger partial charge is 0.489 e. The van der Waals surface area contributed by atoms with E-state index in [1.54, 1.807) is 4.68 Å². The number of benzene rings is 1. The van der Waals surface area contributed by atoms with E-state index < -0.39 is 0 Å². The van der Waals surface area contributed by atoms with Crippen LogP contribution in [0.3, 0.4) is 0 Å². The molecule has 1 aromatic carbocycles. The van der Waals surface area contributed by atoms with E-state index in [0.29, 0.717) is 6.61 Å². The lowest BCUT2D eigenvalue weighted by Crippen LogP contribution is -2.34. The molecule has 2 aromatic rings. The summed E-state index contributed by atoms with van der Waals surface area (Å²) >= 11 is 0. The molecule has 0 saturated heterocycles. The third-order valence-electron chi connectivity index (χ3n) is 2.91. The monoisotopic (exact) mass is 273 g/mol. The lowest BCUT2D eigenvalue weighted by molar-refractivity contribution is 0.306. The van der Waals surface area contributed by atoms with E-state index in [0.717, 1.165) is 17.9 Å². The van der Waals surface area contributed by atoms with Gasteiger partial charge in [-0.3, -0.25) is 4.68 Å². The Kier molecular flexibility index (Phi) is 4.45. The highest BCUT2D eigenvalue weighted by atomic mass is 16.5. The fourth-order valence-corrected chi connectivity index (χ4v) is 1.78. The molecule has 4 nitrogen and oxygen atoms in total. The van der Waals surface area contributed by atoms with E-state index in [4.69, 9.17) is 4.74 Å². The molecule has 0 bridgehead atoms. The molecule has 0 amide bonds. The molecule has 1 aromatic heterocycles. The Morgan fingerprint density at radius 3 is 2.40 bits per heavy atom. The maximum Gasteiger partial charge on any atom is 0.119 e. The summed E-state index contributed by atoms with van der Waals surface area (Å²) < 4.78 is 7.51. The van der Waals surface area contributed by atoms with Crippen molar-refractivity contribution in [2.24, 2.45) is 7.05 Å². The van der Waals surface area contributed by atoms with Gasteiger partial charge in [0.05, 0.1) is 6.20 Å². The van der Waals surface area contributed by atoms with Gasteiger partial charge in [0.15, 0.2) is 0 Å². The summed E-state index contributed by atoms with van der Waals surface area (Å²) in [7, 11) is 1.90. The van der Waals surface area contributed by atoms with Crippen LogP contribution in [-0.4, -0.2) is 15.3 Å². The standard InChI is InChI=1S/C16H23N3O/c1-16(2,3)17-9-13-5-7-15(8-6-13)20-12-14-10-18-19(4)11-14/h5-8,10-11,17H,9,12H2,1-4H3. The quantitative estimate of drug-likeness (QED) is 0.910. The van der Waals surface area contributed by atoms with Crippen molar-refractivity contribution in [3.8, 4) is 5.75 Å². The summed E-state index contributed by atoms with van der Waals surface area (Å²) in [5.41, 5.74) is 2.47. The summed E-state index contributed by atoms with van der Waals surface area (Å²) in [6.07, 6.45) is 3.78. The molecule has 0 unspecified atom stereocenters. The molecule has 1 heterocycles.